The molecule has 0 aliphatic carbocycles. The number of alkyl halides is 4. The fourth-order valence-electron chi connectivity index (χ4n) is 1.32. The van der Waals surface area contributed by atoms with Crippen molar-refractivity contribution in [3.63, 3.8) is 0 Å². The Morgan fingerprint density at radius 2 is 2.05 bits per heavy atom. The van der Waals surface area contributed by atoms with Crippen LogP contribution in [0.15, 0.2) is 30.0 Å². The van der Waals surface area contributed by atoms with E-state index in [9.17, 15) is 26.0 Å². The first-order chi connectivity index (χ1) is 8.78. The molecule has 0 aliphatic heterocycles. The Morgan fingerprint density at radius 3 is 2.58 bits per heavy atom. The van der Waals surface area contributed by atoms with E-state index in [1.807, 2.05) is 0 Å². The monoisotopic (exact) mass is 314 g/mol. The van der Waals surface area contributed by atoms with Crippen LogP contribution in [0.2, 0.25) is 0 Å². The second kappa shape index (κ2) is 4.60. The third-order valence-corrected chi connectivity index (χ3v) is 4.80. The molecule has 0 aliphatic rings. The van der Waals surface area contributed by atoms with Gasteiger partial charge < -0.3 is 0 Å². The molecule has 0 unspecified atom stereocenters. The minimum Gasteiger partial charge on any atom is -0.243 e. The van der Waals surface area contributed by atoms with Gasteiger partial charge >= 0.3 is 21.7 Å². The molecule has 0 N–H and O–H groups in total. The molecule has 2 aromatic rings. The first-order valence-corrected chi connectivity index (χ1v) is 7.07. The van der Waals surface area contributed by atoms with E-state index in [-0.39, 0.29) is 9.67 Å². The summed E-state index contributed by atoms with van der Waals surface area (Å²) in [4.78, 5) is 3.75. The minimum absolute atomic E-state index is 0.0744. The fourth-order valence-corrected chi connectivity index (χ4v) is 3.18. The molecule has 4 nitrogen and oxygen atoms in total. The summed E-state index contributed by atoms with van der Waals surface area (Å²) in [5.41, 5.74) is -0.185. The predicted molar refractivity (Wildman–Crippen MR) is 60.8 cm³/mol. The quantitative estimate of drug-likeness (QED) is 0.815. The van der Waals surface area contributed by atoms with Gasteiger partial charge in [-0.25, -0.2) is 17.7 Å². The molecule has 0 atom stereocenters. The van der Waals surface area contributed by atoms with Crippen LogP contribution in [0, 0.1) is 0 Å². The third-order valence-electron chi connectivity index (χ3n) is 2.24. The van der Waals surface area contributed by atoms with E-state index in [1.165, 1.54) is 6.07 Å². The number of hydrogen-bond acceptors (Lipinski definition) is 4. The number of hydrogen-bond donors (Lipinski definition) is 0. The summed E-state index contributed by atoms with van der Waals surface area (Å²) >= 11 is 1.07. The third kappa shape index (κ3) is 2.14. The molecule has 0 amide bonds. The Hall–Kier alpha value is -1.42. The number of rotatable bonds is 4. The molecule has 10 heteroatoms. The molecular formula is C9H6F4N2O2S2. The van der Waals surface area contributed by atoms with Crippen LogP contribution in [0.4, 0.5) is 17.6 Å². The van der Waals surface area contributed by atoms with E-state index in [0.717, 1.165) is 17.5 Å². The highest BCUT2D eigenvalue weighted by Crippen LogP contribution is 2.34. The summed E-state index contributed by atoms with van der Waals surface area (Å²) in [5.74, 6) is 0. The van der Waals surface area contributed by atoms with Gasteiger partial charge in [0.15, 0.2) is 0 Å². The lowest BCUT2D eigenvalue weighted by atomic mass is 10.4. The van der Waals surface area contributed by atoms with Gasteiger partial charge in [-0.2, -0.15) is 17.2 Å². The lowest BCUT2D eigenvalue weighted by Crippen LogP contribution is -2.40. The van der Waals surface area contributed by atoms with Crippen molar-refractivity contribution in [3.05, 3.63) is 30.0 Å². The minimum atomic E-state index is -5.57. The first-order valence-electron chi connectivity index (χ1n) is 4.76. The van der Waals surface area contributed by atoms with Crippen LogP contribution in [0.1, 0.15) is 0 Å². The van der Waals surface area contributed by atoms with Crippen LogP contribution in [0.3, 0.4) is 0 Å². The lowest BCUT2D eigenvalue weighted by molar-refractivity contribution is -0.0643. The fraction of sp³-hybridized carbons (Fsp3) is 0.222. The summed E-state index contributed by atoms with van der Waals surface area (Å²) in [7, 11) is -5.57. The standard InChI is InChI=1S/C9H6F4N2O2S2/c10-8(11)9(12,13)19(16,17)15-5-14-4-6(15)7-2-1-3-18-7/h1-5,8H. The number of nitrogens with zero attached hydrogens (tertiary/aromatic N) is 2. The predicted octanol–water partition coefficient (Wildman–Crippen LogP) is 2.65. The number of imidazole rings is 1. The molecule has 0 saturated carbocycles. The van der Waals surface area contributed by atoms with Crippen molar-refractivity contribution >= 4 is 21.4 Å². The average Bonchev–Trinajstić information content (AvgIpc) is 2.99. The zero-order valence-electron chi connectivity index (χ0n) is 9.00. The van der Waals surface area contributed by atoms with E-state index in [2.05, 4.69) is 4.98 Å². The second-order valence-electron chi connectivity index (χ2n) is 3.42. The average molecular weight is 314 g/mol. The molecule has 0 fully saturated rings. The van der Waals surface area contributed by atoms with Gasteiger partial charge in [0.2, 0.25) is 0 Å². The first kappa shape index (κ1) is 14.0. The molecule has 19 heavy (non-hydrogen) atoms. The molecule has 0 bridgehead atoms. The van der Waals surface area contributed by atoms with Crippen LogP contribution < -0.4 is 0 Å². The number of aromatic nitrogens is 2. The van der Waals surface area contributed by atoms with Gasteiger partial charge in [-0.15, -0.1) is 11.3 Å². The summed E-state index contributed by atoms with van der Waals surface area (Å²) in [5, 5.41) is -3.59. The van der Waals surface area contributed by atoms with Crippen molar-refractivity contribution in [3.8, 4) is 10.6 Å². The topological polar surface area (TPSA) is 52.0 Å². The normalized spacial score (nSPS) is 13.1. The Labute approximate surface area is 109 Å². The summed E-state index contributed by atoms with van der Waals surface area (Å²) in [6.45, 7) is 0. The zero-order valence-corrected chi connectivity index (χ0v) is 10.6. The lowest BCUT2D eigenvalue weighted by Gasteiger charge is -2.17. The van der Waals surface area contributed by atoms with Gasteiger partial charge in [0.05, 0.1) is 16.8 Å². The molecule has 0 aromatic carbocycles. The molecule has 0 saturated heterocycles. The Balaban J connectivity index is 2.58. The molecule has 2 aromatic heterocycles. The van der Waals surface area contributed by atoms with E-state index in [0.29, 0.717) is 11.2 Å². The van der Waals surface area contributed by atoms with E-state index in [4.69, 9.17) is 0 Å². The summed E-state index contributed by atoms with van der Waals surface area (Å²) in [6, 6.07) is 3.03. The molecule has 2 rings (SSSR count). The maximum Gasteiger partial charge on any atom is 0.423 e. The maximum atomic E-state index is 13.1. The van der Waals surface area contributed by atoms with Crippen LogP contribution in [-0.4, -0.2) is 29.1 Å². The second-order valence-corrected chi connectivity index (χ2v) is 6.26. The van der Waals surface area contributed by atoms with Gasteiger partial charge in [-0.05, 0) is 11.4 Å². The summed E-state index contributed by atoms with van der Waals surface area (Å²) in [6.07, 6.45) is -2.73. The van der Waals surface area contributed by atoms with Gasteiger partial charge in [-0.1, -0.05) is 6.07 Å². The van der Waals surface area contributed by atoms with Crippen molar-refractivity contribution in [2.75, 3.05) is 0 Å². The Morgan fingerprint density at radius 1 is 1.37 bits per heavy atom. The molecule has 0 radical (unpaired) electrons. The Bertz CT molecular complexity index is 664. The maximum absolute atomic E-state index is 13.1. The number of thiophene rings is 1. The highest BCUT2D eigenvalue weighted by Gasteiger charge is 2.55. The van der Waals surface area contributed by atoms with E-state index in [1.54, 1.807) is 11.4 Å². The summed E-state index contributed by atoms with van der Waals surface area (Å²) < 4.78 is 73.9. The SMILES string of the molecule is O=S(=O)(n1cncc1-c1cccs1)C(F)(F)C(F)F. The van der Waals surface area contributed by atoms with Crippen molar-refractivity contribution in [2.45, 2.75) is 11.7 Å². The molecule has 104 valence electrons. The van der Waals surface area contributed by atoms with E-state index < -0.39 is 21.7 Å². The smallest absolute Gasteiger partial charge is 0.243 e. The highest BCUT2D eigenvalue weighted by atomic mass is 32.2. The molecular weight excluding hydrogens is 308 g/mol. The van der Waals surface area contributed by atoms with Crippen molar-refractivity contribution in [1.29, 1.82) is 0 Å². The van der Waals surface area contributed by atoms with Gasteiger partial charge in [0, 0.05) is 0 Å². The van der Waals surface area contributed by atoms with E-state index >= 15 is 0 Å². The van der Waals surface area contributed by atoms with Gasteiger partial charge in [0.25, 0.3) is 0 Å². The Kier molecular flexibility index (Phi) is 3.39. The van der Waals surface area contributed by atoms with Crippen LogP contribution in [0.25, 0.3) is 10.6 Å². The zero-order chi connectivity index (χ0) is 14.3. The van der Waals surface area contributed by atoms with Crippen molar-refractivity contribution in [1.82, 2.24) is 8.96 Å². The van der Waals surface area contributed by atoms with Crippen molar-refractivity contribution in [2.24, 2.45) is 0 Å². The van der Waals surface area contributed by atoms with Crippen LogP contribution in [-0.2, 0) is 10.0 Å². The highest BCUT2D eigenvalue weighted by molar-refractivity contribution is 7.91. The van der Waals surface area contributed by atoms with Crippen LogP contribution in [0.5, 0.6) is 0 Å². The largest absolute Gasteiger partial charge is 0.423 e. The molecule has 2 heterocycles. The van der Waals surface area contributed by atoms with Gasteiger partial charge in [-0.3, -0.25) is 0 Å². The van der Waals surface area contributed by atoms with Gasteiger partial charge in [0.1, 0.15) is 6.33 Å². The molecule has 0 spiro atoms. The van der Waals surface area contributed by atoms with Crippen LogP contribution >= 0.6 is 11.3 Å². The number of halogens is 4. The van der Waals surface area contributed by atoms with Crippen molar-refractivity contribution < 1.29 is 26.0 Å².